The van der Waals surface area contributed by atoms with Crippen LogP contribution in [0, 0.1) is 11.6 Å². The molecule has 0 radical (unpaired) electrons. The van der Waals surface area contributed by atoms with Gasteiger partial charge in [0.15, 0.2) is 0 Å². The molecule has 0 unspecified atom stereocenters. The van der Waals surface area contributed by atoms with Crippen LogP contribution in [0.25, 0.3) is 11.1 Å². The maximum atomic E-state index is 14.9. The summed E-state index contributed by atoms with van der Waals surface area (Å²) in [6.45, 7) is 8.63. The lowest BCUT2D eigenvalue weighted by Gasteiger charge is -2.38. The predicted octanol–water partition coefficient (Wildman–Crippen LogP) is 6.41. The lowest BCUT2D eigenvalue weighted by Crippen LogP contribution is -2.48. The molecule has 1 aliphatic carbocycles. The number of anilines is 1. The molecule has 1 aliphatic heterocycles. The summed E-state index contributed by atoms with van der Waals surface area (Å²) in [6.07, 6.45) is 1.49. The summed E-state index contributed by atoms with van der Waals surface area (Å²) < 4.78 is 34.1. The lowest BCUT2D eigenvalue weighted by atomic mass is 9.79. The number of ether oxygens (including phenoxy) is 1. The highest BCUT2D eigenvalue weighted by molar-refractivity contribution is 6.01. The highest BCUT2D eigenvalue weighted by Crippen LogP contribution is 2.43. The van der Waals surface area contributed by atoms with Crippen molar-refractivity contribution in [1.29, 1.82) is 0 Å². The molecule has 182 valence electrons. The Morgan fingerprint density at radius 2 is 1.54 bits per heavy atom. The van der Waals surface area contributed by atoms with Gasteiger partial charge in [0.1, 0.15) is 17.4 Å². The van der Waals surface area contributed by atoms with Crippen LogP contribution in [0.4, 0.5) is 14.5 Å². The van der Waals surface area contributed by atoms with E-state index >= 15 is 0 Å². The summed E-state index contributed by atoms with van der Waals surface area (Å²) in [6, 6.07) is 19.1. The monoisotopic (exact) mass is 474 g/mol. The summed E-state index contributed by atoms with van der Waals surface area (Å²) in [7, 11) is 1.66. The van der Waals surface area contributed by atoms with Gasteiger partial charge in [-0.1, -0.05) is 18.2 Å². The zero-order valence-electron chi connectivity index (χ0n) is 20.7. The van der Waals surface area contributed by atoms with Crippen LogP contribution in [0.15, 0.2) is 60.7 Å². The lowest BCUT2D eigenvalue weighted by molar-refractivity contribution is 0.209. The molecule has 3 aromatic carbocycles. The first kappa shape index (κ1) is 23.6. The molecule has 0 bridgehead atoms. The molecule has 3 nitrogen and oxygen atoms in total. The van der Waals surface area contributed by atoms with Crippen LogP contribution in [0.3, 0.4) is 0 Å². The maximum absolute atomic E-state index is 14.9. The van der Waals surface area contributed by atoms with Gasteiger partial charge in [0.25, 0.3) is 0 Å². The fourth-order valence-electron chi connectivity index (χ4n) is 5.35. The minimum absolute atomic E-state index is 0.462. The van der Waals surface area contributed by atoms with Crippen LogP contribution in [0.5, 0.6) is 5.75 Å². The molecule has 5 heteroatoms. The average molecular weight is 475 g/mol. The van der Waals surface area contributed by atoms with Crippen molar-refractivity contribution in [2.75, 3.05) is 38.2 Å². The molecule has 0 amide bonds. The number of hydrogen-bond acceptors (Lipinski definition) is 3. The number of benzene rings is 3. The van der Waals surface area contributed by atoms with E-state index in [-0.39, 0.29) is 0 Å². The Bertz CT molecular complexity index is 1240. The van der Waals surface area contributed by atoms with Crippen molar-refractivity contribution in [3.63, 3.8) is 0 Å². The second-order valence-corrected chi connectivity index (χ2v) is 9.66. The summed E-state index contributed by atoms with van der Waals surface area (Å²) in [5.74, 6) is -0.321. The number of methoxy groups -OCH3 is 1. The Hall–Kier alpha value is -3.18. The molecule has 0 aromatic heterocycles. The summed E-state index contributed by atoms with van der Waals surface area (Å²) in [4.78, 5) is 4.93. The normalized spacial score (nSPS) is 16.6. The van der Waals surface area contributed by atoms with Crippen LogP contribution in [-0.2, 0) is 6.42 Å². The third kappa shape index (κ3) is 4.70. The molecule has 3 aromatic rings. The number of hydrogen-bond donors (Lipinski definition) is 0. The van der Waals surface area contributed by atoms with Gasteiger partial charge in [-0.05, 0) is 90.9 Å². The summed E-state index contributed by atoms with van der Waals surface area (Å²) in [5, 5.41) is 0. The third-order valence-corrected chi connectivity index (χ3v) is 7.35. The number of nitrogens with zero attached hydrogens (tertiary/aromatic N) is 2. The first-order valence-electron chi connectivity index (χ1n) is 12.4. The zero-order valence-corrected chi connectivity index (χ0v) is 20.7. The van der Waals surface area contributed by atoms with Crippen LogP contribution < -0.4 is 9.64 Å². The van der Waals surface area contributed by atoms with Crippen molar-refractivity contribution in [2.24, 2.45) is 0 Å². The summed E-state index contributed by atoms with van der Waals surface area (Å²) >= 11 is 0. The molecule has 35 heavy (non-hydrogen) atoms. The van der Waals surface area contributed by atoms with E-state index in [2.05, 4.69) is 54.0 Å². The summed E-state index contributed by atoms with van der Waals surface area (Å²) in [5.41, 5.74) is 6.85. The zero-order chi connectivity index (χ0) is 24.5. The molecular weight excluding hydrogens is 442 g/mol. The second-order valence-electron chi connectivity index (χ2n) is 9.66. The standard InChI is InChI=1S/C30H32F2N2O/c1-20(2)33-14-16-34(17-15-33)24-9-4-22(5-10-24)30-27(26-13-8-23(31)18-29(26)32)12-7-21-6-11-25(35-3)19-28(21)30/h4-6,8-11,13,18-20H,7,12,14-17H2,1-3H3. The van der Waals surface area contributed by atoms with Gasteiger partial charge in [0.05, 0.1) is 7.11 Å². The maximum Gasteiger partial charge on any atom is 0.133 e. The van der Waals surface area contributed by atoms with E-state index in [9.17, 15) is 8.78 Å². The Balaban J connectivity index is 1.56. The van der Waals surface area contributed by atoms with E-state index in [1.165, 1.54) is 17.3 Å². The van der Waals surface area contributed by atoms with Gasteiger partial charge in [-0.25, -0.2) is 8.78 Å². The van der Waals surface area contributed by atoms with Gasteiger partial charge >= 0.3 is 0 Å². The van der Waals surface area contributed by atoms with Crippen molar-refractivity contribution in [3.05, 3.63) is 94.6 Å². The van der Waals surface area contributed by atoms with Gasteiger partial charge < -0.3 is 9.64 Å². The van der Waals surface area contributed by atoms with Crippen molar-refractivity contribution in [2.45, 2.75) is 32.7 Å². The Morgan fingerprint density at radius 3 is 2.20 bits per heavy atom. The van der Waals surface area contributed by atoms with Crippen LogP contribution in [0.2, 0.25) is 0 Å². The fourth-order valence-corrected chi connectivity index (χ4v) is 5.35. The minimum atomic E-state index is -0.562. The molecule has 0 atom stereocenters. The van der Waals surface area contributed by atoms with E-state index in [4.69, 9.17) is 4.74 Å². The largest absolute Gasteiger partial charge is 0.497 e. The van der Waals surface area contributed by atoms with E-state index in [0.717, 1.165) is 66.7 Å². The van der Waals surface area contributed by atoms with Crippen LogP contribution in [0.1, 0.15) is 42.5 Å². The Kier molecular flexibility index (Phi) is 6.61. The quantitative estimate of drug-likeness (QED) is 0.425. The molecule has 1 heterocycles. The molecule has 0 saturated carbocycles. The van der Waals surface area contributed by atoms with Gasteiger partial charge in [0, 0.05) is 49.5 Å². The van der Waals surface area contributed by atoms with E-state index in [0.29, 0.717) is 18.0 Å². The number of halogens is 2. The fraction of sp³-hybridized carbons (Fsp3) is 0.333. The van der Waals surface area contributed by atoms with Crippen LogP contribution >= 0.6 is 0 Å². The Morgan fingerprint density at radius 1 is 0.800 bits per heavy atom. The number of allylic oxidation sites excluding steroid dienone is 1. The molecular formula is C30H32F2N2O. The van der Waals surface area contributed by atoms with Gasteiger partial charge in [-0.15, -0.1) is 0 Å². The molecule has 0 N–H and O–H groups in total. The molecule has 1 fully saturated rings. The van der Waals surface area contributed by atoms with E-state index in [1.807, 2.05) is 12.1 Å². The van der Waals surface area contributed by atoms with Crippen molar-refractivity contribution in [3.8, 4) is 5.75 Å². The van der Waals surface area contributed by atoms with Gasteiger partial charge in [0.2, 0.25) is 0 Å². The second kappa shape index (κ2) is 9.82. The first-order chi connectivity index (χ1) is 16.9. The van der Waals surface area contributed by atoms with E-state index in [1.54, 1.807) is 13.2 Å². The highest BCUT2D eigenvalue weighted by Gasteiger charge is 2.25. The SMILES string of the molecule is COc1ccc2c(c1)C(c1ccc(N3CCN(C(C)C)CC3)cc1)=C(c1ccc(F)cc1F)CC2. The van der Waals surface area contributed by atoms with E-state index < -0.39 is 11.6 Å². The van der Waals surface area contributed by atoms with Crippen LogP contribution in [-0.4, -0.2) is 44.2 Å². The average Bonchev–Trinajstić information content (AvgIpc) is 2.88. The smallest absolute Gasteiger partial charge is 0.133 e. The number of aryl methyl sites for hydroxylation is 1. The van der Waals surface area contributed by atoms with Gasteiger partial charge in [-0.3, -0.25) is 4.90 Å². The van der Waals surface area contributed by atoms with Crippen molar-refractivity contribution in [1.82, 2.24) is 4.90 Å². The number of piperazine rings is 1. The Labute approximate surface area is 206 Å². The molecule has 0 spiro atoms. The topological polar surface area (TPSA) is 15.7 Å². The highest BCUT2D eigenvalue weighted by atomic mass is 19.1. The van der Waals surface area contributed by atoms with Crippen molar-refractivity contribution < 1.29 is 13.5 Å². The predicted molar refractivity (Wildman–Crippen MR) is 139 cm³/mol. The van der Waals surface area contributed by atoms with Crippen molar-refractivity contribution >= 4 is 16.8 Å². The molecule has 1 saturated heterocycles. The minimum Gasteiger partial charge on any atom is -0.497 e. The molecule has 5 rings (SSSR count). The first-order valence-corrected chi connectivity index (χ1v) is 12.4. The number of rotatable bonds is 5. The molecule has 2 aliphatic rings. The number of fused-ring (bicyclic) bond motifs is 1. The van der Waals surface area contributed by atoms with Gasteiger partial charge in [-0.2, -0.15) is 0 Å². The third-order valence-electron chi connectivity index (χ3n) is 7.35.